The number of nitrogens with zero attached hydrogens (tertiary/aromatic N) is 1. The number of benzene rings is 2. The predicted octanol–water partition coefficient (Wildman–Crippen LogP) is 5.76. The number of anilines is 1. The molecule has 1 heterocycles. The molecule has 0 saturated carbocycles. The van der Waals surface area contributed by atoms with Gasteiger partial charge in [0.15, 0.2) is 5.76 Å². The number of hydrazone groups is 1. The van der Waals surface area contributed by atoms with Crippen molar-refractivity contribution < 1.29 is 18.4 Å². The maximum atomic E-state index is 13.8. The van der Waals surface area contributed by atoms with Crippen LogP contribution in [0, 0.1) is 12.7 Å². The van der Waals surface area contributed by atoms with Crippen molar-refractivity contribution in [3.8, 4) is 0 Å². The number of carbonyl (C=O) groups excluding carboxylic acids is 2. The molecule has 0 atom stereocenters. The van der Waals surface area contributed by atoms with Gasteiger partial charge < -0.3 is 9.73 Å². The standard InChI is InChI=1S/C23H18Cl2FN3O3/c1-12-20-18(28-29-22(30)14-5-2-3-6-17(14)26)7-4-8-19(20)32-21(12)23(31)27-13-9-10-15(24)16(25)11-13/h2-3,5-6,9-11H,4,7-8H2,1H3,(H,27,31)(H,29,30)/b28-18+. The monoisotopic (exact) mass is 473 g/mol. The summed E-state index contributed by atoms with van der Waals surface area (Å²) in [5.41, 5.74) is 4.65. The maximum Gasteiger partial charge on any atom is 0.291 e. The molecule has 0 aliphatic heterocycles. The van der Waals surface area contributed by atoms with E-state index in [2.05, 4.69) is 15.8 Å². The number of rotatable bonds is 4. The SMILES string of the molecule is Cc1c(C(=O)Nc2ccc(Cl)c(Cl)c2)oc2c1/C(=N/NC(=O)c1ccccc1F)CCC2. The van der Waals surface area contributed by atoms with Crippen molar-refractivity contribution in [2.45, 2.75) is 26.2 Å². The molecule has 6 nitrogen and oxygen atoms in total. The molecule has 1 aliphatic carbocycles. The second-order valence-corrected chi connectivity index (χ2v) is 8.08. The van der Waals surface area contributed by atoms with Crippen LogP contribution in [0.2, 0.25) is 10.0 Å². The number of carbonyl (C=O) groups is 2. The van der Waals surface area contributed by atoms with Gasteiger partial charge in [0.2, 0.25) is 0 Å². The smallest absolute Gasteiger partial charge is 0.291 e. The Hall–Kier alpha value is -3.16. The summed E-state index contributed by atoms with van der Waals surface area (Å²) in [6.45, 7) is 1.76. The summed E-state index contributed by atoms with van der Waals surface area (Å²) < 4.78 is 19.7. The average molecular weight is 474 g/mol. The molecule has 2 amide bonds. The van der Waals surface area contributed by atoms with Crippen LogP contribution in [0.15, 0.2) is 52.0 Å². The number of fused-ring (bicyclic) bond motifs is 1. The Morgan fingerprint density at radius 2 is 1.84 bits per heavy atom. The van der Waals surface area contributed by atoms with E-state index in [4.69, 9.17) is 27.6 Å². The first-order valence-electron chi connectivity index (χ1n) is 9.85. The van der Waals surface area contributed by atoms with Gasteiger partial charge in [-0.15, -0.1) is 0 Å². The van der Waals surface area contributed by atoms with Crippen molar-refractivity contribution in [1.82, 2.24) is 5.43 Å². The molecule has 0 fully saturated rings. The van der Waals surface area contributed by atoms with Crippen LogP contribution in [-0.4, -0.2) is 17.5 Å². The van der Waals surface area contributed by atoms with Crippen molar-refractivity contribution in [3.05, 3.63) is 86.5 Å². The fraction of sp³-hybridized carbons (Fsp3) is 0.174. The fourth-order valence-electron chi connectivity index (χ4n) is 3.58. The molecule has 1 aromatic heterocycles. The van der Waals surface area contributed by atoms with Gasteiger partial charge in [0.25, 0.3) is 11.8 Å². The number of halogens is 3. The van der Waals surface area contributed by atoms with E-state index >= 15 is 0 Å². The van der Waals surface area contributed by atoms with Gasteiger partial charge in [-0.2, -0.15) is 5.10 Å². The van der Waals surface area contributed by atoms with Crippen molar-refractivity contribution in [3.63, 3.8) is 0 Å². The molecule has 0 bridgehead atoms. The van der Waals surface area contributed by atoms with Crippen LogP contribution >= 0.6 is 23.2 Å². The van der Waals surface area contributed by atoms with Gasteiger partial charge in [-0.05, 0) is 50.1 Å². The summed E-state index contributed by atoms with van der Waals surface area (Å²) in [5, 5.41) is 7.65. The molecular weight excluding hydrogens is 456 g/mol. The highest BCUT2D eigenvalue weighted by molar-refractivity contribution is 6.42. The van der Waals surface area contributed by atoms with Gasteiger partial charge in [0.1, 0.15) is 11.6 Å². The van der Waals surface area contributed by atoms with Crippen LogP contribution in [0.5, 0.6) is 0 Å². The highest BCUT2D eigenvalue weighted by atomic mass is 35.5. The first-order valence-corrected chi connectivity index (χ1v) is 10.6. The number of aryl methyl sites for hydroxylation is 1. The Balaban J connectivity index is 1.57. The summed E-state index contributed by atoms with van der Waals surface area (Å²) >= 11 is 11.9. The Bertz CT molecular complexity index is 1250. The minimum absolute atomic E-state index is 0.0986. The normalized spacial score (nSPS) is 14.2. The van der Waals surface area contributed by atoms with Crippen LogP contribution < -0.4 is 10.7 Å². The van der Waals surface area contributed by atoms with Crippen LogP contribution in [0.3, 0.4) is 0 Å². The molecule has 0 unspecified atom stereocenters. The van der Waals surface area contributed by atoms with E-state index in [1.54, 1.807) is 31.2 Å². The van der Waals surface area contributed by atoms with Gasteiger partial charge in [0.05, 0.1) is 21.3 Å². The van der Waals surface area contributed by atoms with Crippen LogP contribution in [0.25, 0.3) is 0 Å². The molecule has 0 saturated heterocycles. The lowest BCUT2D eigenvalue weighted by molar-refractivity contribution is 0.0949. The Kier molecular flexibility index (Phi) is 6.30. The molecule has 4 rings (SSSR count). The van der Waals surface area contributed by atoms with Gasteiger partial charge in [-0.1, -0.05) is 35.3 Å². The van der Waals surface area contributed by atoms with Crippen LogP contribution in [0.1, 0.15) is 50.6 Å². The summed E-state index contributed by atoms with van der Waals surface area (Å²) in [6.07, 6.45) is 1.96. The third-order valence-corrected chi connectivity index (χ3v) is 5.86. The fourth-order valence-corrected chi connectivity index (χ4v) is 3.88. The zero-order valence-corrected chi connectivity index (χ0v) is 18.5. The molecule has 9 heteroatoms. The number of hydrogen-bond acceptors (Lipinski definition) is 4. The van der Waals surface area contributed by atoms with Gasteiger partial charge in [-0.25, -0.2) is 9.82 Å². The summed E-state index contributed by atoms with van der Waals surface area (Å²) in [6, 6.07) is 10.4. The highest BCUT2D eigenvalue weighted by Crippen LogP contribution is 2.31. The molecule has 1 aliphatic rings. The number of furan rings is 1. The third kappa shape index (κ3) is 4.40. The first kappa shape index (κ1) is 22.0. The summed E-state index contributed by atoms with van der Waals surface area (Å²) in [7, 11) is 0. The van der Waals surface area contributed by atoms with Crippen molar-refractivity contribution in [2.75, 3.05) is 5.32 Å². The molecule has 164 valence electrons. The van der Waals surface area contributed by atoms with Gasteiger partial charge in [0, 0.05) is 23.2 Å². The Labute approximate surface area is 193 Å². The van der Waals surface area contributed by atoms with E-state index in [0.717, 1.165) is 6.42 Å². The van der Waals surface area contributed by atoms with Crippen molar-refractivity contribution >= 4 is 46.4 Å². The Morgan fingerprint density at radius 3 is 2.59 bits per heavy atom. The largest absolute Gasteiger partial charge is 0.455 e. The van der Waals surface area contributed by atoms with E-state index in [-0.39, 0.29) is 11.3 Å². The molecule has 0 spiro atoms. The second kappa shape index (κ2) is 9.14. The third-order valence-electron chi connectivity index (χ3n) is 5.12. The quantitative estimate of drug-likeness (QED) is 0.472. The zero-order valence-electron chi connectivity index (χ0n) is 17.0. The topological polar surface area (TPSA) is 83.7 Å². The predicted molar refractivity (Wildman–Crippen MR) is 121 cm³/mol. The number of hydrogen-bond donors (Lipinski definition) is 2. The van der Waals surface area contributed by atoms with Crippen LogP contribution in [0.4, 0.5) is 10.1 Å². The number of nitrogens with one attached hydrogen (secondary N) is 2. The average Bonchev–Trinajstić information content (AvgIpc) is 3.12. The van der Waals surface area contributed by atoms with E-state index in [9.17, 15) is 14.0 Å². The minimum Gasteiger partial charge on any atom is -0.455 e. The van der Waals surface area contributed by atoms with Crippen molar-refractivity contribution in [1.29, 1.82) is 0 Å². The highest BCUT2D eigenvalue weighted by Gasteiger charge is 2.28. The van der Waals surface area contributed by atoms with Crippen molar-refractivity contribution in [2.24, 2.45) is 5.10 Å². The van der Waals surface area contributed by atoms with Gasteiger partial charge >= 0.3 is 0 Å². The van der Waals surface area contributed by atoms with E-state index in [1.807, 2.05) is 0 Å². The zero-order chi connectivity index (χ0) is 22.8. The first-order chi connectivity index (χ1) is 15.3. The van der Waals surface area contributed by atoms with Gasteiger partial charge in [-0.3, -0.25) is 9.59 Å². The van der Waals surface area contributed by atoms with E-state index in [0.29, 0.717) is 51.2 Å². The Morgan fingerprint density at radius 1 is 1.06 bits per heavy atom. The molecule has 2 aromatic carbocycles. The minimum atomic E-state index is -0.651. The molecule has 0 radical (unpaired) electrons. The second-order valence-electron chi connectivity index (χ2n) is 7.27. The molecule has 32 heavy (non-hydrogen) atoms. The summed E-state index contributed by atoms with van der Waals surface area (Å²) in [4.78, 5) is 25.1. The lowest BCUT2D eigenvalue weighted by atomic mass is 9.93. The van der Waals surface area contributed by atoms with E-state index in [1.165, 1.54) is 18.2 Å². The summed E-state index contributed by atoms with van der Waals surface area (Å²) in [5.74, 6) is -0.954. The lowest BCUT2D eigenvalue weighted by Gasteiger charge is -2.13. The maximum absolute atomic E-state index is 13.8. The lowest BCUT2D eigenvalue weighted by Crippen LogP contribution is -2.23. The molecular formula is C23H18Cl2FN3O3. The number of amides is 2. The molecule has 3 aromatic rings. The van der Waals surface area contributed by atoms with E-state index < -0.39 is 17.6 Å². The molecule has 2 N–H and O–H groups in total. The van der Waals surface area contributed by atoms with Crippen LogP contribution in [-0.2, 0) is 6.42 Å².